The second-order valence-corrected chi connectivity index (χ2v) is 4.35. The average Bonchev–Trinajstić information content (AvgIpc) is 2.16. The van der Waals surface area contributed by atoms with Gasteiger partial charge in [0.2, 0.25) is 0 Å². The minimum atomic E-state index is -0.764. The van der Waals surface area contributed by atoms with Gasteiger partial charge in [0.15, 0.2) is 0 Å². The van der Waals surface area contributed by atoms with Gasteiger partial charge in [0.05, 0.1) is 7.11 Å². The van der Waals surface area contributed by atoms with Crippen LogP contribution in [-0.4, -0.2) is 13.3 Å². The van der Waals surface area contributed by atoms with E-state index in [0.717, 1.165) is 30.6 Å². The molecule has 1 fully saturated rings. The number of hydrogen-bond acceptors (Lipinski definition) is 1. The fourth-order valence-electron chi connectivity index (χ4n) is 2.40. The fraction of sp³-hybridized carbons (Fsp3) is 0.538. The molecule has 0 N–H and O–H groups in total. The topological polar surface area (TPSA) is 9.23 Å². The molecule has 2 heteroatoms. The zero-order valence-corrected chi connectivity index (χ0v) is 9.29. The number of halogens is 1. The van der Waals surface area contributed by atoms with Crippen molar-refractivity contribution >= 4 is 0 Å². The van der Waals surface area contributed by atoms with E-state index in [0.29, 0.717) is 0 Å². The standard InChI is InChI=1S/C13H17FO/c1-10(14)13(8-3-9-13)11-4-6-12(15-2)7-5-11/h4-7,10H,3,8-9H2,1-2H3. The number of methoxy groups -OCH3 is 1. The highest BCUT2D eigenvalue weighted by atomic mass is 19.1. The van der Waals surface area contributed by atoms with Gasteiger partial charge in [-0.3, -0.25) is 0 Å². The Morgan fingerprint density at radius 1 is 1.27 bits per heavy atom. The first-order valence-corrected chi connectivity index (χ1v) is 5.48. The highest BCUT2D eigenvalue weighted by molar-refractivity contribution is 5.35. The molecule has 1 aromatic carbocycles. The molecule has 1 aliphatic carbocycles. The molecule has 0 aromatic heterocycles. The average molecular weight is 208 g/mol. The second-order valence-electron chi connectivity index (χ2n) is 4.35. The van der Waals surface area contributed by atoms with Crippen LogP contribution in [0.5, 0.6) is 5.75 Å². The molecule has 1 aromatic rings. The van der Waals surface area contributed by atoms with E-state index in [9.17, 15) is 4.39 Å². The van der Waals surface area contributed by atoms with Crippen molar-refractivity contribution in [1.29, 1.82) is 0 Å². The van der Waals surface area contributed by atoms with E-state index >= 15 is 0 Å². The van der Waals surface area contributed by atoms with Crippen molar-refractivity contribution in [3.63, 3.8) is 0 Å². The maximum absolute atomic E-state index is 13.6. The predicted octanol–water partition coefficient (Wildman–Crippen LogP) is 3.47. The van der Waals surface area contributed by atoms with Crippen LogP contribution in [0.15, 0.2) is 24.3 Å². The van der Waals surface area contributed by atoms with Crippen LogP contribution in [0, 0.1) is 0 Å². The molecule has 2 rings (SSSR count). The Labute approximate surface area is 90.3 Å². The summed E-state index contributed by atoms with van der Waals surface area (Å²) in [5, 5.41) is 0. The molecule has 1 saturated carbocycles. The molecule has 0 bridgehead atoms. The molecular weight excluding hydrogens is 191 g/mol. The molecule has 15 heavy (non-hydrogen) atoms. The Kier molecular flexibility index (Phi) is 2.68. The fourth-order valence-corrected chi connectivity index (χ4v) is 2.40. The van der Waals surface area contributed by atoms with Crippen molar-refractivity contribution in [2.45, 2.75) is 37.8 Å². The maximum Gasteiger partial charge on any atom is 0.118 e. The van der Waals surface area contributed by atoms with E-state index in [-0.39, 0.29) is 5.41 Å². The van der Waals surface area contributed by atoms with Gasteiger partial charge in [-0.15, -0.1) is 0 Å². The van der Waals surface area contributed by atoms with E-state index in [1.807, 2.05) is 24.3 Å². The van der Waals surface area contributed by atoms with Gasteiger partial charge in [-0.2, -0.15) is 0 Å². The van der Waals surface area contributed by atoms with Crippen LogP contribution in [0.25, 0.3) is 0 Å². The van der Waals surface area contributed by atoms with Gasteiger partial charge in [-0.05, 0) is 37.5 Å². The summed E-state index contributed by atoms with van der Waals surface area (Å²) in [7, 11) is 1.64. The van der Waals surface area contributed by atoms with Gasteiger partial charge in [-0.25, -0.2) is 4.39 Å². The third-order valence-corrected chi connectivity index (χ3v) is 3.67. The molecule has 1 aliphatic rings. The molecular formula is C13H17FO. The van der Waals surface area contributed by atoms with Gasteiger partial charge in [0.25, 0.3) is 0 Å². The lowest BCUT2D eigenvalue weighted by Gasteiger charge is -2.43. The van der Waals surface area contributed by atoms with E-state index in [1.165, 1.54) is 0 Å². The zero-order chi connectivity index (χ0) is 10.9. The summed E-state index contributed by atoms with van der Waals surface area (Å²) in [5.74, 6) is 0.833. The number of benzene rings is 1. The van der Waals surface area contributed by atoms with Crippen LogP contribution in [0.3, 0.4) is 0 Å². The smallest absolute Gasteiger partial charge is 0.118 e. The third kappa shape index (κ3) is 1.62. The van der Waals surface area contributed by atoms with Gasteiger partial charge >= 0.3 is 0 Å². The normalized spacial score (nSPS) is 20.5. The number of hydrogen-bond donors (Lipinski definition) is 0. The van der Waals surface area contributed by atoms with Crippen LogP contribution < -0.4 is 4.74 Å². The van der Waals surface area contributed by atoms with Crippen LogP contribution >= 0.6 is 0 Å². The lowest BCUT2D eigenvalue weighted by Crippen LogP contribution is -2.41. The van der Waals surface area contributed by atoms with E-state index < -0.39 is 6.17 Å². The van der Waals surface area contributed by atoms with Crippen molar-refractivity contribution < 1.29 is 9.13 Å². The molecule has 1 unspecified atom stereocenters. The van der Waals surface area contributed by atoms with Gasteiger partial charge in [0, 0.05) is 5.41 Å². The molecule has 0 radical (unpaired) electrons. The van der Waals surface area contributed by atoms with E-state index in [2.05, 4.69) is 0 Å². The molecule has 0 amide bonds. The molecule has 0 saturated heterocycles. The van der Waals surface area contributed by atoms with E-state index in [4.69, 9.17) is 4.74 Å². The van der Waals surface area contributed by atoms with Crippen molar-refractivity contribution in [3.8, 4) is 5.75 Å². The number of alkyl halides is 1. The van der Waals surface area contributed by atoms with E-state index in [1.54, 1.807) is 14.0 Å². The Morgan fingerprint density at radius 2 is 1.87 bits per heavy atom. The summed E-state index contributed by atoms with van der Waals surface area (Å²) in [6.45, 7) is 1.67. The lowest BCUT2D eigenvalue weighted by atomic mass is 9.62. The Balaban J connectivity index is 2.27. The summed E-state index contributed by atoms with van der Waals surface area (Å²) in [5.41, 5.74) is 0.899. The quantitative estimate of drug-likeness (QED) is 0.739. The summed E-state index contributed by atoms with van der Waals surface area (Å²) in [6, 6.07) is 7.82. The predicted molar refractivity (Wildman–Crippen MR) is 59.1 cm³/mol. The summed E-state index contributed by atoms with van der Waals surface area (Å²) < 4.78 is 18.7. The SMILES string of the molecule is COc1ccc(C2(C(C)F)CCC2)cc1. The van der Waals surface area contributed by atoms with Gasteiger partial charge in [0.1, 0.15) is 11.9 Å². The van der Waals surface area contributed by atoms with Gasteiger partial charge in [-0.1, -0.05) is 18.6 Å². The summed E-state index contributed by atoms with van der Waals surface area (Å²) in [6.07, 6.45) is 2.31. The largest absolute Gasteiger partial charge is 0.497 e. The van der Waals surface area contributed by atoms with Crippen molar-refractivity contribution in [3.05, 3.63) is 29.8 Å². The van der Waals surface area contributed by atoms with Crippen LogP contribution in [-0.2, 0) is 5.41 Å². The molecule has 82 valence electrons. The van der Waals surface area contributed by atoms with Crippen molar-refractivity contribution in [2.24, 2.45) is 0 Å². The number of ether oxygens (including phenoxy) is 1. The second kappa shape index (κ2) is 3.84. The highest BCUT2D eigenvalue weighted by Crippen LogP contribution is 2.47. The monoisotopic (exact) mass is 208 g/mol. The minimum Gasteiger partial charge on any atom is -0.497 e. The van der Waals surface area contributed by atoms with Crippen molar-refractivity contribution in [1.82, 2.24) is 0 Å². The zero-order valence-electron chi connectivity index (χ0n) is 9.29. The Morgan fingerprint density at radius 3 is 2.20 bits per heavy atom. The molecule has 0 aliphatic heterocycles. The Hall–Kier alpha value is -1.05. The van der Waals surface area contributed by atoms with Gasteiger partial charge < -0.3 is 4.74 Å². The summed E-state index contributed by atoms with van der Waals surface area (Å²) >= 11 is 0. The summed E-state index contributed by atoms with van der Waals surface area (Å²) in [4.78, 5) is 0. The third-order valence-electron chi connectivity index (χ3n) is 3.67. The minimum absolute atomic E-state index is 0.216. The number of rotatable bonds is 3. The first-order chi connectivity index (χ1) is 7.19. The molecule has 0 spiro atoms. The Bertz CT molecular complexity index is 325. The maximum atomic E-state index is 13.6. The van der Waals surface area contributed by atoms with Crippen LogP contribution in [0.4, 0.5) is 4.39 Å². The first-order valence-electron chi connectivity index (χ1n) is 5.48. The molecule has 0 heterocycles. The molecule has 1 nitrogen and oxygen atoms in total. The van der Waals surface area contributed by atoms with Crippen molar-refractivity contribution in [2.75, 3.05) is 7.11 Å². The van der Waals surface area contributed by atoms with Crippen LogP contribution in [0.1, 0.15) is 31.7 Å². The molecule has 1 atom stereocenters. The lowest BCUT2D eigenvalue weighted by molar-refractivity contribution is 0.114. The highest BCUT2D eigenvalue weighted by Gasteiger charge is 2.43. The van der Waals surface area contributed by atoms with Crippen LogP contribution in [0.2, 0.25) is 0 Å². The first kappa shape index (κ1) is 10.5.